The zero-order valence-electron chi connectivity index (χ0n) is 8.64. The third kappa shape index (κ3) is 3.88. The van der Waals surface area contributed by atoms with Crippen LogP contribution in [0.1, 0.15) is 6.92 Å². The molecule has 1 aromatic rings. The molecule has 0 fully saturated rings. The summed E-state index contributed by atoms with van der Waals surface area (Å²) in [6.07, 6.45) is -0.957. The zero-order valence-corrected chi connectivity index (χ0v) is 9.40. The number of nitrogens with two attached hydrogens (primary N) is 1. The van der Waals surface area contributed by atoms with Crippen LogP contribution in [-0.2, 0) is 4.84 Å². The number of carbonyl (C=O) groups excluding carboxylic acids is 1. The summed E-state index contributed by atoms with van der Waals surface area (Å²) < 4.78 is 4.80. The summed E-state index contributed by atoms with van der Waals surface area (Å²) in [4.78, 5) is 15.6. The highest BCUT2D eigenvalue weighted by Gasteiger charge is 2.08. The third-order valence-corrected chi connectivity index (χ3v) is 1.91. The second kappa shape index (κ2) is 6.09. The van der Waals surface area contributed by atoms with E-state index in [0.29, 0.717) is 10.7 Å². The molecular weight excluding hydrogens is 232 g/mol. The molecule has 0 spiro atoms. The van der Waals surface area contributed by atoms with E-state index in [1.54, 1.807) is 31.2 Å². The number of halogens is 1. The van der Waals surface area contributed by atoms with Crippen molar-refractivity contribution in [2.24, 2.45) is 10.9 Å². The smallest absolute Gasteiger partial charge is 0.392 e. The van der Waals surface area contributed by atoms with Gasteiger partial charge in [-0.1, -0.05) is 28.9 Å². The number of benzene rings is 1. The topological polar surface area (TPSA) is 73.9 Å². The van der Waals surface area contributed by atoms with E-state index in [4.69, 9.17) is 22.1 Å². The van der Waals surface area contributed by atoms with Gasteiger partial charge in [-0.25, -0.2) is 4.79 Å². The van der Waals surface area contributed by atoms with Crippen LogP contribution >= 0.6 is 11.6 Å². The molecule has 1 aromatic carbocycles. The number of ether oxygens (including phenoxy) is 1. The Morgan fingerprint density at radius 3 is 2.81 bits per heavy atom. The molecule has 0 bridgehead atoms. The quantitative estimate of drug-likeness (QED) is 0.290. The van der Waals surface area contributed by atoms with E-state index in [1.165, 1.54) is 0 Å². The van der Waals surface area contributed by atoms with Crippen molar-refractivity contribution in [3.05, 3.63) is 29.3 Å². The fraction of sp³-hybridized carbons (Fsp3) is 0.200. The first-order chi connectivity index (χ1) is 7.63. The Balaban J connectivity index is 2.56. The van der Waals surface area contributed by atoms with Gasteiger partial charge in [0.25, 0.3) is 0 Å². The van der Waals surface area contributed by atoms with E-state index in [1.807, 2.05) is 0 Å². The highest BCUT2D eigenvalue weighted by atomic mass is 35.5. The van der Waals surface area contributed by atoms with Gasteiger partial charge in [0.1, 0.15) is 0 Å². The Hall–Kier alpha value is -1.59. The van der Waals surface area contributed by atoms with Crippen LogP contribution in [0.25, 0.3) is 0 Å². The van der Waals surface area contributed by atoms with Crippen LogP contribution in [0.4, 0.5) is 4.79 Å². The molecule has 0 aliphatic heterocycles. The summed E-state index contributed by atoms with van der Waals surface area (Å²) in [6, 6.07) is 6.54. The van der Waals surface area contributed by atoms with Crippen molar-refractivity contribution in [3.8, 4) is 5.75 Å². The van der Waals surface area contributed by atoms with Crippen molar-refractivity contribution in [1.29, 1.82) is 0 Å². The van der Waals surface area contributed by atoms with Crippen molar-refractivity contribution >= 4 is 23.5 Å². The fourth-order valence-electron chi connectivity index (χ4n) is 0.788. The fourth-order valence-corrected chi connectivity index (χ4v) is 0.963. The van der Waals surface area contributed by atoms with Crippen molar-refractivity contribution < 1.29 is 14.4 Å². The van der Waals surface area contributed by atoms with Gasteiger partial charge in [0.2, 0.25) is 0 Å². The molecule has 0 amide bonds. The van der Waals surface area contributed by atoms with Gasteiger partial charge in [-0.15, -0.1) is 0 Å². The molecule has 0 radical (unpaired) electrons. The van der Waals surface area contributed by atoms with E-state index in [-0.39, 0.29) is 12.3 Å². The van der Waals surface area contributed by atoms with E-state index < -0.39 is 6.16 Å². The molecule has 0 aliphatic carbocycles. The Morgan fingerprint density at radius 1 is 1.50 bits per heavy atom. The molecule has 0 saturated carbocycles. The lowest BCUT2D eigenvalue weighted by Crippen LogP contribution is -2.13. The Labute approximate surface area is 97.8 Å². The summed E-state index contributed by atoms with van der Waals surface area (Å²) >= 11 is 5.77. The van der Waals surface area contributed by atoms with Crippen LogP contribution < -0.4 is 10.5 Å². The minimum absolute atomic E-state index is 0.208. The summed E-state index contributed by atoms with van der Waals surface area (Å²) in [5.41, 5.74) is 5.73. The van der Waals surface area contributed by atoms with Gasteiger partial charge in [-0.2, -0.15) is 0 Å². The predicted octanol–water partition coefficient (Wildman–Crippen LogP) is 2.19. The first kappa shape index (κ1) is 12.5. The van der Waals surface area contributed by atoms with Crippen LogP contribution in [0.3, 0.4) is 0 Å². The van der Waals surface area contributed by atoms with Gasteiger partial charge >= 0.3 is 6.16 Å². The molecule has 0 saturated heterocycles. The monoisotopic (exact) mass is 242 g/mol. The lowest BCUT2D eigenvalue weighted by molar-refractivity contribution is 0.102. The maximum absolute atomic E-state index is 11.1. The van der Waals surface area contributed by atoms with E-state index in [9.17, 15) is 4.79 Å². The summed E-state index contributed by atoms with van der Waals surface area (Å²) in [5.74, 6) is 0.217. The van der Waals surface area contributed by atoms with Crippen LogP contribution in [0.15, 0.2) is 29.4 Å². The number of rotatable bonds is 3. The molecule has 6 heteroatoms. The van der Waals surface area contributed by atoms with Crippen molar-refractivity contribution in [3.63, 3.8) is 0 Å². The summed E-state index contributed by atoms with van der Waals surface area (Å²) in [5, 5.41) is 3.76. The molecule has 0 heterocycles. The molecule has 0 atom stereocenters. The second-order valence-electron chi connectivity index (χ2n) is 2.90. The van der Waals surface area contributed by atoms with E-state index in [2.05, 4.69) is 9.99 Å². The third-order valence-electron chi connectivity index (χ3n) is 1.60. The van der Waals surface area contributed by atoms with Crippen LogP contribution in [0.5, 0.6) is 5.75 Å². The van der Waals surface area contributed by atoms with E-state index in [0.717, 1.165) is 0 Å². The molecule has 86 valence electrons. The minimum atomic E-state index is -0.957. The van der Waals surface area contributed by atoms with Gasteiger partial charge in [0, 0.05) is 6.54 Å². The molecule has 16 heavy (non-hydrogen) atoms. The van der Waals surface area contributed by atoms with Gasteiger partial charge in [-0.05, 0) is 19.1 Å². The lowest BCUT2D eigenvalue weighted by atomic mass is 10.3. The largest absolute Gasteiger partial charge is 0.540 e. The van der Waals surface area contributed by atoms with Crippen molar-refractivity contribution in [2.45, 2.75) is 6.92 Å². The van der Waals surface area contributed by atoms with Gasteiger partial charge in [-0.3, -0.25) is 4.84 Å². The van der Waals surface area contributed by atoms with E-state index >= 15 is 0 Å². The molecule has 0 aromatic heterocycles. The number of para-hydroxylation sites is 1. The van der Waals surface area contributed by atoms with Gasteiger partial charge in [0.05, 0.1) is 10.7 Å². The van der Waals surface area contributed by atoms with Crippen molar-refractivity contribution in [2.75, 3.05) is 6.54 Å². The van der Waals surface area contributed by atoms with Crippen LogP contribution in [0.2, 0.25) is 5.02 Å². The maximum Gasteiger partial charge on any atom is 0.540 e. The SMILES string of the molecule is C/C(CN)=N\OC(=O)Oc1ccccc1Cl. The number of oxime groups is 1. The zero-order chi connectivity index (χ0) is 12.0. The lowest BCUT2D eigenvalue weighted by Gasteiger charge is -2.03. The normalized spacial score (nSPS) is 11.1. The highest BCUT2D eigenvalue weighted by molar-refractivity contribution is 6.32. The number of carbonyl (C=O) groups is 1. The Bertz CT molecular complexity index is 407. The molecule has 0 aliphatic rings. The maximum atomic E-state index is 11.1. The summed E-state index contributed by atoms with van der Waals surface area (Å²) in [7, 11) is 0. The average Bonchev–Trinajstić information content (AvgIpc) is 2.29. The number of hydrogen-bond acceptors (Lipinski definition) is 5. The standard InChI is InChI=1S/C10H11ClN2O3/c1-7(6-12)13-16-10(14)15-9-5-3-2-4-8(9)11/h2-5H,6,12H2,1H3/b13-7+. The Kier molecular flexibility index (Phi) is 4.75. The first-order valence-corrected chi connectivity index (χ1v) is 4.88. The van der Waals surface area contributed by atoms with Gasteiger partial charge in [0.15, 0.2) is 5.75 Å². The molecule has 0 unspecified atom stereocenters. The summed E-state index contributed by atoms with van der Waals surface area (Å²) in [6.45, 7) is 1.84. The van der Waals surface area contributed by atoms with Crippen LogP contribution in [0, 0.1) is 0 Å². The second-order valence-corrected chi connectivity index (χ2v) is 3.31. The first-order valence-electron chi connectivity index (χ1n) is 4.50. The molecule has 2 N–H and O–H groups in total. The Morgan fingerprint density at radius 2 is 2.19 bits per heavy atom. The predicted molar refractivity (Wildman–Crippen MR) is 60.7 cm³/mol. The minimum Gasteiger partial charge on any atom is -0.392 e. The molecular formula is C10H11ClN2O3. The van der Waals surface area contributed by atoms with Crippen LogP contribution in [-0.4, -0.2) is 18.4 Å². The average molecular weight is 243 g/mol. The number of hydrogen-bond donors (Lipinski definition) is 1. The van der Waals surface area contributed by atoms with Crippen molar-refractivity contribution in [1.82, 2.24) is 0 Å². The highest BCUT2D eigenvalue weighted by Crippen LogP contribution is 2.23. The van der Waals surface area contributed by atoms with Gasteiger partial charge < -0.3 is 10.5 Å². The molecule has 5 nitrogen and oxygen atoms in total. The molecule has 1 rings (SSSR count). The number of nitrogens with zero attached hydrogens (tertiary/aromatic N) is 1.